The number of aliphatic hydroxyl groups is 1. The highest BCUT2D eigenvalue weighted by Gasteiger charge is 2.33. The Hall–Kier alpha value is 0.400. The van der Waals surface area contributed by atoms with Gasteiger partial charge in [0.15, 0.2) is 0 Å². The van der Waals surface area contributed by atoms with Gasteiger partial charge in [0.1, 0.15) is 0 Å². The second kappa shape index (κ2) is 4.50. The molecule has 0 aromatic carbocycles. The van der Waals surface area contributed by atoms with E-state index < -0.39 is 0 Å². The van der Waals surface area contributed by atoms with Gasteiger partial charge in [0.2, 0.25) is 0 Å². The highest BCUT2D eigenvalue weighted by atomic mass is 32.2. The van der Waals surface area contributed by atoms with E-state index >= 15 is 0 Å². The zero-order valence-corrected chi connectivity index (χ0v) is 10.3. The molecular weight excluding hydrogens is 212 g/mol. The minimum absolute atomic E-state index is 0.182. The van der Waals surface area contributed by atoms with Crippen molar-refractivity contribution in [3.63, 3.8) is 0 Å². The Morgan fingerprint density at radius 1 is 1.36 bits per heavy atom. The Morgan fingerprint density at radius 3 is 2.71 bits per heavy atom. The molecule has 1 nitrogen and oxygen atoms in total. The van der Waals surface area contributed by atoms with Crippen molar-refractivity contribution in [3.8, 4) is 0 Å². The van der Waals surface area contributed by atoms with Gasteiger partial charge in [-0.2, -0.15) is 0 Å². The molecule has 1 atom stereocenters. The van der Waals surface area contributed by atoms with Crippen molar-refractivity contribution in [1.82, 2.24) is 0 Å². The summed E-state index contributed by atoms with van der Waals surface area (Å²) in [5.74, 6) is 2.55. The normalized spacial score (nSPS) is 32.4. The summed E-state index contributed by atoms with van der Waals surface area (Å²) in [4.78, 5) is 0. The van der Waals surface area contributed by atoms with Gasteiger partial charge in [-0.15, -0.1) is 23.5 Å². The summed E-state index contributed by atoms with van der Waals surface area (Å²) in [6.07, 6.45) is 6.56. The molecule has 2 rings (SSSR count). The Labute approximate surface area is 94.7 Å². The lowest BCUT2D eigenvalue weighted by Gasteiger charge is -2.37. The van der Waals surface area contributed by atoms with Crippen LogP contribution in [0.15, 0.2) is 11.6 Å². The fraction of sp³-hybridized carbons (Fsp3) is 0.818. The summed E-state index contributed by atoms with van der Waals surface area (Å²) >= 11 is 4.12. The standard InChI is InChI=1S/C11H18OS2/c1-11(13-6-3-7-14-11)9-4-2-5-10(12)8-9/h8,10,12H,2-7H2,1H3. The van der Waals surface area contributed by atoms with Crippen LogP contribution in [0.3, 0.4) is 0 Å². The van der Waals surface area contributed by atoms with Gasteiger partial charge in [0.05, 0.1) is 10.2 Å². The largest absolute Gasteiger partial charge is 0.389 e. The van der Waals surface area contributed by atoms with Gasteiger partial charge >= 0.3 is 0 Å². The first kappa shape index (κ1) is 10.9. The molecule has 1 N–H and O–H groups in total. The zero-order chi connectivity index (χ0) is 10.0. The molecule has 1 aliphatic heterocycles. The number of thioether (sulfide) groups is 2. The third kappa shape index (κ3) is 2.31. The van der Waals surface area contributed by atoms with Gasteiger partial charge in [-0.3, -0.25) is 0 Å². The van der Waals surface area contributed by atoms with E-state index in [4.69, 9.17) is 0 Å². The first-order valence-electron chi connectivity index (χ1n) is 5.38. The van der Waals surface area contributed by atoms with Crippen molar-refractivity contribution in [2.24, 2.45) is 0 Å². The van der Waals surface area contributed by atoms with Gasteiger partial charge in [-0.1, -0.05) is 6.08 Å². The second-order valence-corrected chi connectivity index (χ2v) is 7.43. The van der Waals surface area contributed by atoms with Crippen molar-refractivity contribution in [2.45, 2.75) is 42.8 Å². The molecule has 0 saturated carbocycles. The van der Waals surface area contributed by atoms with Crippen LogP contribution in [-0.2, 0) is 0 Å². The molecule has 2 aliphatic rings. The number of aliphatic hydroxyl groups excluding tert-OH is 1. The summed E-state index contributed by atoms with van der Waals surface area (Å²) in [7, 11) is 0. The fourth-order valence-electron chi connectivity index (χ4n) is 2.10. The highest BCUT2D eigenvalue weighted by Crippen LogP contribution is 2.49. The Morgan fingerprint density at radius 2 is 2.07 bits per heavy atom. The summed E-state index contributed by atoms with van der Waals surface area (Å²) in [5, 5.41) is 9.63. The van der Waals surface area contributed by atoms with Crippen LogP contribution in [0.4, 0.5) is 0 Å². The van der Waals surface area contributed by atoms with Crippen LogP contribution in [-0.4, -0.2) is 26.8 Å². The predicted molar refractivity (Wildman–Crippen MR) is 65.9 cm³/mol. The molecule has 80 valence electrons. The first-order valence-corrected chi connectivity index (χ1v) is 7.35. The first-order chi connectivity index (χ1) is 6.71. The highest BCUT2D eigenvalue weighted by molar-refractivity contribution is 8.19. The molecular formula is C11H18OS2. The topological polar surface area (TPSA) is 20.2 Å². The molecule has 0 radical (unpaired) electrons. The van der Waals surface area contributed by atoms with Crippen LogP contribution < -0.4 is 0 Å². The van der Waals surface area contributed by atoms with Crippen LogP contribution in [0.25, 0.3) is 0 Å². The smallest absolute Gasteiger partial charge is 0.0793 e. The summed E-state index contributed by atoms with van der Waals surface area (Å²) < 4.78 is 0.264. The maximum Gasteiger partial charge on any atom is 0.0793 e. The summed E-state index contributed by atoms with van der Waals surface area (Å²) in [6.45, 7) is 2.32. The third-order valence-electron chi connectivity index (χ3n) is 2.97. The molecule has 1 saturated heterocycles. The fourth-order valence-corrected chi connectivity index (χ4v) is 5.18. The molecule has 1 aliphatic carbocycles. The van der Waals surface area contributed by atoms with Crippen LogP contribution in [0, 0.1) is 0 Å². The summed E-state index contributed by atoms with van der Waals surface area (Å²) in [5.41, 5.74) is 1.48. The average molecular weight is 230 g/mol. The maximum atomic E-state index is 9.63. The van der Waals surface area contributed by atoms with E-state index in [1.165, 1.54) is 29.9 Å². The third-order valence-corrected chi connectivity index (χ3v) is 6.29. The Balaban J connectivity index is 2.11. The van der Waals surface area contributed by atoms with Crippen LogP contribution in [0.5, 0.6) is 0 Å². The van der Waals surface area contributed by atoms with Gasteiger partial charge < -0.3 is 5.11 Å². The predicted octanol–water partition coefficient (Wildman–Crippen LogP) is 3.04. The number of hydrogen-bond acceptors (Lipinski definition) is 3. The van der Waals surface area contributed by atoms with E-state index in [0.717, 1.165) is 12.8 Å². The SMILES string of the molecule is CC1(C2=CC(O)CCC2)SCCCS1. The monoisotopic (exact) mass is 230 g/mol. The minimum atomic E-state index is -0.182. The van der Waals surface area contributed by atoms with Crippen molar-refractivity contribution < 1.29 is 5.11 Å². The Bertz CT molecular complexity index is 231. The minimum Gasteiger partial charge on any atom is -0.389 e. The lowest BCUT2D eigenvalue weighted by molar-refractivity contribution is 0.201. The lowest BCUT2D eigenvalue weighted by atomic mass is 9.95. The van der Waals surface area contributed by atoms with Crippen LogP contribution in [0.2, 0.25) is 0 Å². The lowest BCUT2D eigenvalue weighted by Crippen LogP contribution is -2.27. The molecule has 0 amide bonds. The number of hydrogen-bond donors (Lipinski definition) is 1. The van der Waals surface area contributed by atoms with E-state index in [1.807, 2.05) is 0 Å². The van der Waals surface area contributed by atoms with Crippen LogP contribution >= 0.6 is 23.5 Å². The van der Waals surface area contributed by atoms with Gasteiger partial charge in [-0.05, 0) is 49.7 Å². The Kier molecular flexibility index (Phi) is 3.50. The zero-order valence-electron chi connectivity index (χ0n) is 8.66. The maximum absolute atomic E-state index is 9.63. The van der Waals surface area contributed by atoms with Crippen molar-refractivity contribution in [1.29, 1.82) is 0 Å². The second-order valence-electron chi connectivity index (χ2n) is 4.15. The molecule has 0 aromatic heterocycles. The molecule has 0 spiro atoms. The molecule has 3 heteroatoms. The molecule has 0 aromatic rings. The molecule has 1 heterocycles. The van der Waals surface area contributed by atoms with E-state index in [-0.39, 0.29) is 10.2 Å². The van der Waals surface area contributed by atoms with Crippen molar-refractivity contribution in [2.75, 3.05) is 11.5 Å². The van der Waals surface area contributed by atoms with E-state index in [0.29, 0.717) is 0 Å². The van der Waals surface area contributed by atoms with Crippen molar-refractivity contribution in [3.05, 3.63) is 11.6 Å². The number of rotatable bonds is 1. The van der Waals surface area contributed by atoms with Gasteiger partial charge in [0.25, 0.3) is 0 Å². The molecule has 14 heavy (non-hydrogen) atoms. The summed E-state index contributed by atoms with van der Waals surface area (Å²) in [6, 6.07) is 0. The average Bonchev–Trinajstić information content (AvgIpc) is 2.19. The van der Waals surface area contributed by atoms with E-state index in [9.17, 15) is 5.11 Å². The van der Waals surface area contributed by atoms with Gasteiger partial charge in [0, 0.05) is 0 Å². The molecule has 1 unspecified atom stereocenters. The van der Waals surface area contributed by atoms with Crippen molar-refractivity contribution >= 4 is 23.5 Å². The van der Waals surface area contributed by atoms with Gasteiger partial charge in [-0.25, -0.2) is 0 Å². The van der Waals surface area contributed by atoms with E-state index in [2.05, 4.69) is 36.5 Å². The molecule has 0 bridgehead atoms. The molecule has 1 fully saturated rings. The van der Waals surface area contributed by atoms with E-state index in [1.54, 1.807) is 0 Å². The van der Waals surface area contributed by atoms with Crippen LogP contribution in [0.1, 0.15) is 32.6 Å². The quantitative estimate of drug-likeness (QED) is 0.699.